The number of hydrogen-bond acceptors (Lipinski definition) is 5. The molecule has 0 saturated carbocycles. The predicted octanol–water partition coefficient (Wildman–Crippen LogP) is 4.37. The van der Waals surface area contributed by atoms with Crippen molar-refractivity contribution in [2.75, 3.05) is 22.9 Å². The lowest BCUT2D eigenvalue weighted by molar-refractivity contribution is -0.122. The third kappa shape index (κ3) is 6.85. The van der Waals surface area contributed by atoms with E-state index in [1.54, 1.807) is 48.5 Å². The molecule has 0 heterocycles. The number of rotatable bonds is 10. The molecule has 3 aromatic rings. The van der Waals surface area contributed by atoms with Crippen molar-refractivity contribution in [3.8, 4) is 5.75 Å². The van der Waals surface area contributed by atoms with Gasteiger partial charge in [-0.3, -0.25) is 13.9 Å². The Balaban J connectivity index is 1.69. The van der Waals surface area contributed by atoms with E-state index in [4.69, 9.17) is 4.74 Å². The second-order valence-corrected chi connectivity index (χ2v) is 10.4. The molecule has 0 saturated heterocycles. The summed E-state index contributed by atoms with van der Waals surface area (Å²) in [7, 11) is -1.92. The van der Waals surface area contributed by atoms with Crippen molar-refractivity contribution < 1.29 is 22.7 Å². The number of anilines is 2. The van der Waals surface area contributed by atoms with Crippen molar-refractivity contribution in [2.24, 2.45) is 0 Å². The summed E-state index contributed by atoms with van der Waals surface area (Å²) in [6.07, 6.45) is 0.689. The Kier molecular flexibility index (Phi) is 8.71. The van der Waals surface area contributed by atoms with Gasteiger partial charge in [-0.2, -0.15) is 0 Å². The molecular formula is C27H31N3O5S. The third-order valence-corrected chi connectivity index (χ3v) is 6.92. The average Bonchev–Trinajstić information content (AvgIpc) is 2.87. The summed E-state index contributed by atoms with van der Waals surface area (Å²) >= 11 is 0. The van der Waals surface area contributed by atoms with Gasteiger partial charge in [-0.05, 0) is 55.3 Å². The van der Waals surface area contributed by atoms with E-state index in [-0.39, 0.29) is 11.9 Å². The Bertz CT molecular complexity index is 1290. The fraction of sp³-hybridized carbons (Fsp3) is 0.259. The van der Waals surface area contributed by atoms with Crippen LogP contribution < -0.4 is 19.7 Å². The van der Waals surface area contributed by atoms with Crippen LogP contribution in [0.4, 0.5) is 11.4 Å². The van der Waals surface area contributed by atoms with Crippen molar-refractivity contribution in [1.82, 2.24) is 5.32 Å². The molecule has 0 bridgehead atoms. The zero-order valence-electron chi connectivity index (χ0n) is 20.8. The van der Waals surface area contributed by atoms with Gasteiger partial charge in [0.15, 0.2) is 6.10 Å². The number of hydrogen-bond donors (Lipinski definition) is 2. The van der Waals surface area contributed by atoms with Crippen LogP contribution in [-0.4, -0.2) is 39.6 Å². The molecule has 2 N–H and O–H groups in total. The highest BCUT2D eigenvalue weighted by molar-refractivity contribution is 7.92. The molecule has 2 atom stereocenters. The van der Waals surface area contributed by atoms with E-state index < -0.39 is 22.0 Å². The van der Waals surface area contributed by atoms with Gasteiger partial charge < -0.3 is 15.4 Å². The number of amides is 2. The van der Waals surface area contributed by atoms with E-state index in [1.165, 1.54) is 7.05 Å². The maximum atomic E-state index is 13.0. The SMILES string of the molecule is CC[C@@H](Oc1ccc(N(C)S(C)(=O)=O)cc1)C(=O)Nc1ccccc1C(=O)N[C@H](C)c1ccccc1. The lowest BCUT2D eigenvalue weighted by atomic mass is 10.1. The van der Waals surface area contributed by atoms with Crippen LogP contribution in [0.5, 0.6) is 5.75 Å². The van der Waals surface area contributed by atoms with Crippen molar-refractivity contribution >= 4 is 33.2 Å². The molecule has 0 aromatic heterocycles. The van der Waals surface area contributed by atoms with Crippen LogP contribution in [0.25, 0.3) is 0 Å². The van der Waals surface area contributed by atoms with Gasteiger partial charge in [0.25, 0.3) is 11.8 Å². The summed E-state index contributed by atoms with van der Waals surface area (Å²) in [5.41, 5.74) is 2.18. The minimum absolute atomic E-state index is 0.209. The van der Waals surface area contributed by atoms with Crippen molar-refractivity contribution in [2.45, 2.75) is 32.4 Å². The zero-order valence-corrected chi connectivity index (χ0v) is 21.6. The standard InChI is InChI=1S/C27H31N3O5S/c1-5-25(35-22-17-15-21(16-18-22)30(3)36(4,33)34)27(32)29-24-14-10-9-13-23(24)26(31)28-19(2)20-11-7-6-8-12-20/h6-19,25H,5H2,1-4H3,(H,28,31)(H,29,32)/t19-,25-/m1/s1. The molecule has 0 aliphatic rings. The van der Waals surface area contributed by atoms with E-state index in [0.29, 0.717) is 29.1 Å². The van der Waals surface area contributed by atoms with E-state index in [0.717, 1.165) is 16.1 Å². The van der Waals surface area contributed by atoms with Crippen LogP contribution in [0.3, 0.4) is 0 Å². The van der Waals surface area contributed by atoms with Gasteiger partial charge in [-0.1, -0.05) is 49.4 Å². The largest absolute Gasteiger partial charge is 0.481 e. The molecule has 0 aliphatic heterocycles. The first-order valence-electron chi connectivity index (χ1n) is 11.6. The number of ether oxygens (including phenoxy) is 1. The molecule has 36 heavy (non-hydrogen) atoms. The molecule has 0 spiro atoms. The normalized spacial score (nSPS) is 12.8. The number of nitrogens with zero attached hydrogens (tertiary/aromatic N) is 1. The van der Waals surface area contributed by atoms with Crippen LogP contribution in [0.2, 0.25) is 0 Å². The smallest absolute Gasteiger partial charge is 0.265 e. The van der Waals surface area contributed by atoms with Crippen LogP contribution in [0.15, 0.2) is 78.9 Å². The molecule has 9 heteroatoms. The highest BCUT2D eigenvalue weighted by Crippen LogP contribution is 2.23. The molecule has 0 radical (unpaired) electrons. The van der Waals surface area contributed by atoms with Crippen molar-refractivity contribution in [3.63, 3.8) is 0 Å². The molecule has 0 unspecified atom stereocenters. The highest BCUT2D eigenvalue weighted by Gasteiger charge is 2.22. The monoisotopic (exact) mass is 509 g/mol. The van der Waals surface area contributed by atoms with Gasteiger partial charge in [0.1, 0.15) is 5.75 Å². The van der Waals surface area contributed by atoms with Gasteiger partial charge in [0, 0.05) is 7.05 Å². The summed E-state index contributed by atoms with van der Waals surface area (Å²) in [5, 5.41) is 5.78. The molecular weight excluding hydrogens is 478 g/mol. The molecule has 8 nitrogen and oxygen atoms in total. The fourth-order valence-electron chi connectivity index (χ4n) is 3.52. The fourth-order valence-corrected chi connectivity index (χ4v) is 4.02. The van der Waals surface area contributed by atoms with Gasteiger partial charge in [0.2, 0.25) is 10.0 Å². The van der Waals surface area contributed by atoms with E-state index in [2.05, 4.69) is 10.6 Å². The van der Waals surface area contributed by atoms with Crippen molar-refractivity contribution in [3.05, 3.63) is 90.0 Å². The predicted molar refractivity (Wildman–Crippen MR) is 142 cm³/mol. The third-order valence-electron chi connectivity index (χ3n) is 5.72. The van der Waals surface area contributed by atoms with Crippen molar-refractivity contribution in [1.29, 1.82) is 0 Å². The Morgan fingerprint density at radius 2 is 1.56 bits per heavy atom. The summed E-state index contributed by atoms with van der Waals surface area (Å²) in [4.78, 5) is 26.0. The average molecular weight is 510 g/mol. The molecule has 3 aromatic carbocycles. The summed E-state index contributed by atoms with van der Waals surface area (Å²) < 4.78 is 30.5. The number of carbonyl (C=O) groups is 2. The second-order valence-electron chi connectivity index (χ2n) is 8.38. The molecule has 3 rings (SSSR count). The molecule has 0 fully saturated rings. The van der Waals surface area contributed by atoms with Crippen LogP contribution in [-0.2, 0) is 14.8 Å². The maximum Gasteiger partial charge on any atom is 0.265 e. The van der Waals surface area contributed by atoms with E-state index in [9.17, 15) is 18.0 Å². The van der Waals surface area contributed by atoms with Crippen LogP contribution in [0, 0.1) is 0 Å². The van der Waals surface area contributed by atoms with E-state index in [1.807, 2.05) is 44.2 Å². The lowest BCUT2D eigenvalue weighted by Gasteiger charge is -2.20. The summed E-state index contributed by atoms with van der Waals surface area (Å²) in [6.45, 7) is 3.71. The number of nitrogens with one attached hydrogen (secondary N) is 2. The minimum atomic E-state index is -3.38. The number of para-hydroxylation sites is 1. The maximum absolute atomic E-state index is 13.0. The zero-order chi connectivity index (χ0) is 26.3. The van der Waals surface area contributed by atoms with Gasteiger partial charge in [-0.25, -0.2) is 8.42 Å². The first kappa shape index (κ1) is 26.7. The molecule has 2 amide bonds. The number of carbonyl (C=O) groups excluding carboxylic acids is 2. The second kappa shape index (κ2) is 11.7. The Morgan fingerprint density at radius 1 is 0.944 bits per heavy atom. The van der Waals surface area contributed by atoms with Crippen LogP contribution >= 0.6 is 0 Å². The quantitative estimate of drug-likeness (QED) is 0.422. The van der Waals surface area contributed by atoms with Crippen LogP contribution in [0.1, 0.15) is 42.2 Å². The number of benzene rings is 3. The van der Waals surface area contributed by atoms with Gasteiger partial charge >= 0.3 is 0 Å². The molecule has 0 aliphatic carbocycles. The highest BCUT2D eigenvalue weighted by atomic mass is 32.2. The first-order chi connectivity index (χ1) is 17.1. The summed E-state index contributed by atoms with van der Waals surface area (Å²) in [5.74, 6) is -0.279. The topological polar surface area (TPSA) is 105 Å². The minimum Gasteiger partial charge on any atom is -0.481 e. The number of sulfonamides is 1. The van der Waals surface area contributed by atoms with E-state index >= 15 is 0 Å². The van der Waals surface area contributed by atoms with Gasteiger partial charge in [0.05, 0.1) is 29.2 Å². The summed E-state index contributed by atoms with van der Waals surface area (Å²) in [6, 6.07) is 22.6. The Labute approximate surface area is 212 Å². The Hall–Kier alpha value is -3.85. The van der Waals surface area contributed by atoms with Gasteiger partial charge in [-0.15, -0.1) is 0 Å². The first-order valence-corrected chi connectivity index (χ1v) is 13.4. The molecule has 190 valence electrons. The Morgan fingerprint density at radius 3 is 2.17 bits per heavy atom. The lowest BCUT2D eigenvalue weighted by Crippen LogP contribution is -2.34.